The highest BCUT2D eigenvalue weighted by atomic mass is 32.2. The van der Waals surface area contributed by atoms with E-state index in [4.69, 9.17) is 0 Å². The lowest BCUT2D eigenvalue weighted by Gasteiger charge is -2.23. The summed E-state index contributed by atoms with van der Waals surface area (Å²) in [7, 11) is -3.43. The van der Waals surface area contributed by atoms with Crippen molar-refractivity contribution >= 4 is 10.3 Å². The molecule has 1 atom stereocenters. The zero-order chi connectivity index (χ0) is 8.70. The van der Waals surface area contributed by atoms with Crippen LogP contribution in [0.3, 0.4) is 0 Å². The van der Waals surface area contributed by atoms with Gasteiger partial charge < -0.3 is 0 Å². The number of hydrogen-bond acceptors (Lipinski definition) is 3. The zero-order valence-electron chi connectivity index (χ0n) is 6.92. The Kier molecular flexibility index (Phi) is 1.98. The molecule has 4 nitrogen and oxygen atoms in total. The quantitative estimate of drug-likeness (QED) is 0.580. The average Bonchev–Trinajstić information content (AvgIpc) is 2.07. The second-order valence-electron chi connectivity index (χ2n) is 3.78. The summed E-state index contributed by atoms with van der Waals surface area (Å²) in [6.07, 6.45) is 0. The van der Waals surface area contributed by atoms with E-state index in [1.54, 1.807) is 0 Å². The van der Waals surface area contributed by atoms with Crippen LogP contribution in [0.15, 0.2) is 0 Å². The van der Waals surface area contributed by atoms with E-state index in [1.165, 1.54) is 0 Å². The lowest BCUT2D eigenvalue weighted by Crippen LogP contribution is -2.38. The van der Waals surface area contributed by atoms with Crippen molar-refractivity contribution in [3.8, 4) is 0 Å². The minimum atomic E-state index is -3.43. The molecule has 0 amide bonds. The van der Waals surface area contributed by atoms with Gasteiger partial charge in [-0.3, -0.25) is 4.18 Å². The van der Waals surface area contributed by atoms with Gasteiger partial charge in [-0.1, -0.05) is 20.8 Å². The van der Waals surface area contributed by atoms with E-state index in [9.17, 15) is 8.42 Å². The molecule has 0 aliphatic carbocycles. The van der Waals surface area contributed by atoms with Gasteiger partial charge in [-0.2, -0.15) is 13.1 Å². The molecule has 0 aromatic carbocycles. The highest BCUT2D eigenvalue weighted by molar-refractivity contribution is 7.85. The first kappa shape index (κ1) is 8.96. The molecule has 0 unspecified atom stereocenters. The van der Waals surface area contributed by atoms with Gasteiger partial charge in [0.2, 0.25) is 0 Å². The van der Waals surface area contributed by atoms with Crippen LogP contribution >= 0.6 is 0 Å². The van der Waals surface area contributed by atoms with Gasteiger partial charge in [0.1, 0.15) is 0 Å². The van der Waals surface area contributed by atoms with Gasteiger partial charge in [-0.25, -0.2) is 0 Å². The third-order valence-electron chi connectivity index (χ3n) is 1.72. The van der Waals surface area contributed by atoms with Crippen LogP contribution in [0.5, 0.6) is 0 Å². The van der Waals surface area contributed by atoms with Crippen molar-refractivity contribution < 1.29 is 12.6 Å². The van der Waals surface area contributed by atoms with E-state index in [1.807, 2.05) is 20.8 Å². The third-order valence-corrected chi connectivity index (χ3v) is 2.74. The molecule has 0 bridgehead atoms. The maximum Gasteiger partial charge on any atom is 0.336 e. The predicted octanol–water partition coefficient (Wildman–Crippen LogP) is 0.266. The number of hydrogen-bond donors (Lipinski definition) is 1. The van der Waals surface area contributed by atoms with Gasteiger partial charge >= 0.3 is 10.3 Å². The molecular formula is C6H13NO3S. The summed E-state index contributed by atoms with van der Waals surface area (Å²) in [5.41, 5.74) is -0.0798. The summed E-state index contributed by atoms with van der Waals surface area (Å²) >= 11 is 0. The highest BCUT2D eigenvalue weighted by Gasteiger charge is 2.35. The Hall–Kier alpha value is -0.130. The Morgan fingerprint density at radius 2 is 2.00 bits per heavy atom. The third kappa shape index (κ3) is 2.15. The molecule has 0 aromatic rings. The van der Waals surface area contributed by atoms with Crippen molar-refractivity contribution in [2.75, 3.05) is 6.61 Å². The fourth-order valence-corrected chi connectivity index (χ4v) is 1.98. The van der Waals surface area contributed by atoms with Gasteiger partial charge in [0.15, 0.2) is 0 Å². The molecule has 66 valence electrons. The summed E-state index contributed by atoms with van der Waals surface area (Å²) in [4.78, 5) is 0. The van der Waals surface area contributed by atoms with Gasteiger partial charge in [-0.15, -0.1) is 0 Å². The molecule has 0 aromatic heterocycles. The maximum atomic E-state index is 10.8. The van der Waals surface area contributed by atoms with Gasteiger partial charge in [0.25, 0.3) is 0 Å². The van der Waals surface area contributed by atoms with Crippen LogP contribution in [0.1, 0.15) is 20.8 Å². The monoisotopic (exact) mass is 179 g/mol. The predicted molar refractivity (Wildman–Crippen MR) is 41.3 cm³/mol. The number of rotatable bonds is 0. The fourth-order valence-electron chi connectivity index (χ4n) is 0.827. The van der Waals surface area contributed by atoms with Crippen LogP contribution in [0, 0.1) is 5.41 Å². The van der Waals surface area contributed by atoms with Gasteiger partial charge in [-0.05, 0) is 5.41 Å². The van der Waals surface area contributed by atoms with Crippen molar-refractivity contribution in [1.29, 1.82) is 0 Å². The maximum absolute atomic E-state index is 10.8. The lowest BCUT2D eigenvalue weighted by atomic mass is 9.88. The fraction of sp³-hybridized carbons (Fsp3) is 1.00. The van der Waals surface area contributed by atoms with E-state index in [0.29, 0.717) is 0 Å². The van der Waals surface area contributed by atoms with Crippen LogP contribution in [-0.4, -0.2) is 21.1 Å². The molecule has 1 saturated heterocycles. The topological polar surface area (TPSA) is 55.4 Å². The molecule has 0 spiro atoms. The largest absolute Gasteiger partial charge is 0.336 e. The molecule has 1 aliphatic heterocycles. The summed E-state index contributed by atoms with van der Waals surface area (Å²) in [5.74, 6) is 0. The van der Waals surface area contributed by atoms with Crippen LogP contribution in [0.25, 0.3) is 0 Å². The second-order valence-corrected chi connectivity index (χ2v) is 5.15. The molecule has 1 rings (SSSR count). The average molecular weight is 179 g/mol. The summed E-state index contributed by atoms with van der Waals surface area (Å²) < 4.78 is 28.5. The minimum Gasteiger partial charge on any atom is -0.256 e. The molecule has 1 fully saturated rings. The van der Waals surface area contributed by atoms with Crippen molar-refractivity contribution in [3.63, 3.8) is 0 Å². The molecule has 11 heavy (non-hydrogen) atoms. The van der Waals surface area contributed by atoms with Crippen LogP contribution < -0.4 is 4.72 Å². The molecular weight excluding hydrogens is 166 g/mol. The first-order valence-electron chi connectivity index (χ1n) is 3.48. The van der Waals surface area contributed by atoms with Gasteiger partial charge in [0.05, 0.1) is 12.6 Å². The summed E-state index contributed by atoms with van der Waals surface area (Å²) in [5, 5.41) is 0. The normalized spacial score (nSPS) is 30.6. The second kappa shape index (κ2) is 2.43. The standard InChI is InChI=1S/C6H13NO3S/c1-6(2,3)5-4-10-11(8,9)7-5/h5,7H,4H2,1-3H3/t5-/m0/s1. The summed E-state index contributed by atoms with van der Waals surface area (Å²) in [6.45, 7) is 6.14. The Morgan fingerprint density at radius 1 is 1.45 bits per heavy atom. The Morgan fingerprint density at radius 3 is 2.18 bits per heavy atom. The van der Waals surface area contributed by atoms with Crippen molar-refractivity contribution in [1.82, 2.24) is 4.72 Å². The van der Waals surface area contributed by atoms with E-state index in [2.05, 4.69) is 8.91 Å². The molecule has 5 heteroatoms. The molecule has 0 radical (unpaired) electrons. The van der Waals surface area contributed by atoms with E-state index < -0.39 is 10.3 Å². The SMILES string of the molecule is CC(C)(C)[C@@H]1COS(=O)(=O)N1. The highest BCUT2D eigenvalue weighted by Crippen LogP contribution is 2.23. The van der Waals surface area contributed by atoms with Crippen molar-refractivity contribution in [2.24, 2.45) is 5.41 Å². The Bertz CT molecular complexity index is 239. The molecule has 1 N–H and O–H groups in total. The molecule has 1 heterocycles. The molecule has 0 saturated carbocycles. The van der Waals surface area contributed by atoms with Crippen LogP contribution in [0.4, 0.5) is 0 Å². The van der Waals surface area contributed by atoms with E-state index in [-0.39, 0.29) is 18.1 Å². The summed E-state index contributed by atoms with van der Waals surface area (Å²) in [6, 6.07) is -0.104. The smallest absolute Gasteiger partial charge is 0.256 e. The Balaban J connectivity index is 2.70. The minimum absolute atomic E-state index is 0.0798. The molecule has 1 aliphatic rings. The van der Waals surface area contributed by atoms with Gasteiger partial charge in [0, 0.05) is 0 Å². The first-order chi connectivity index (χ1) is 4.81. The first-order valence-corrected chi connectivity index (χ1v) is 4.89. The zero-order valence-corrected chi connectivity index (χ0v) is 7.73. The number of nitrogens with one attached hydrogen (secondary N) is 1. The van der Waals surface area contributed by atoms with Crippen molar-refractivity contribution in [3.05, 3.63) is 0 Å². The van der Waals surface area contributed by atoms with E-state index >= 15 is 0 Å². The van der Waals surface area contributed by atoms with Crippen molar-refractivity contribution in [2.45, 2.75) is 26.8 Å². The van der Waals surface area contributed by atoms with E-state index in [0.717, 1.165) is 0 Å². The Labute approximate surface area is 67.2 Å². The van der Waals surface area contributed by atoms with Crippen LogP contribution in [-0.2, 0) is 14.5 Å². The lowest BCUT2D eigenvalue weighted by molar-refractivity contribution is 0.244. The van der Waals surface area contributed by atoms with Crippen LogP contribution in [0.2, 0.25) is 0 Å².